The molecule has 1 amide bonds. The molecule has 0 saturated heterocycles. The standard InChI is InChI=1S/C13H8ClN3O5S/c14-9-2-1-3-12(13(9)15-7-18)23-11-5-4-8(16(19)20)6-10(11)17(21)22/h1-7H,(H,15,18). The summed E-state index contributed by atoms with van der Waals surface area (Å²) in [5, 5.41) is 24.6. The predicted molar refractivity (Wildman–Crippen MR) is 85.0 cm³/mol. The Kier molecular flexibility index (Phi) is 5.14. The molecular formula is C13H8ClN3O5S. The van der Waals surface area contributed by atoms with Gasteiger partial charge < -0.3 is 5.32 Å². The van der Waals surface area contributed by atoms with Crippen molar-refractivity contribution < 1.29 is 14.6 Å². The number of nitro groups is 2. The van der Waals surface area contributed by atoms with E-state index < -0.39 is 15.5 Å². The molecule has 0 bridgehead atoms. The zero-order valence-electron chi connectivity index (χ0n) is 11.3. The summed E-state index contributed by atoms with van der Waals surface area (Å²) in [6, 6.07) is 8.14. The maximum atomic E-state index is 11.1. The third kappa shape index (κ3) is 3.76. The second kappa shape index (κ2) is 7.07. The van der Waals surface area contributed by atoms with Crippen molar-refractivity contribution in [2.24, 2.45) is 0 Å². The minimum absolute atomic E-state index is 0.191. The SMILES string of the molecule is O=CNc1c(Cl)cccc1Sc1ccc([N+](=O)[O-])cc1[N+](=O)[O-]. The van der Waals surface area contributed by atoms with E-state index in [0.29, 0.717) is 17.0 Å². The Morgan fingerprint density at radius 2 is 1.83 bits per heavy atom. The summed E-state index contributed by atoms with van der Waals surface area (Å²) in [6.07, 6.45) is 0.440. The molecule has 0 aliphatic rings. The average molecular weight is 354 g/mol. The summed E-state index contributed by atoms with van der Waals surface area (Å²) >= 11 is 6.96. The van der Waals surface area contributed by atoms with E-state index in [0.717, 1.165) is 17.8 Å². The van der Waals surface area contributed by atoms with E-state index in [9.17, 15) is 25.0 Å². The first-order valence-corrected chi connectivity index (χ1v) is 7.23. The molecule has 1 N–H and O–H groups in total. The molecule has 23 heavy (non-hydrogen) atoms. The van der Waals surface area contributed by atoms with Gasteiger partial charge in [-0.1, -0.05) is 29.4 Å². The van der Waals surface area contributed by atoms with Crippen molar-refractivity contribution in [1.82, 2.24) is 0 Å². The van der Waals surface area contributed by atoms with Crippen LogP contribution in [0.3, 0.4) is 0 Å². The highest BCUT2D eigenvalue weighted by Gasteiger charge is 2.21. The van der Waals surface area contributed by atoms with Gasteiger partial charge in [0, 0.05) is 11.0 Å². The lowest BCUT2D eigenvalue weighted by atomic mass is 10.3. The minimum Gasteiger partial charge on any atom is -0.326 e. The Morgan fingerprint density at radius 3 is 2.43 bits per heavy atom. The molecule has 0 spiro atoms. The first-order valence-electron chi connectivity index (χ1n) is 6.03. The van der Waals surface area contributed by atoms with Gasteiger partial charge in [-0.15, -0.1) is 0 Å². The number of nitro benzene ring substituents is 2. The van der Waals surface area contributed by atoms with Gasteiger partial charge in [0.15, 0.2) is 0 Å². The molecule has 0 fully saturated rings. The Labute approximate surface area is 138 Å². The van der Waals surface area contributed by atoms with Gasteiger partial charge >= 0.3 is 0 Å². The molecule has 0 aliphatic carbocycles. The second-order valence-electron chi connectivity index (χ2n) is 4.14. The Balaban J connectivity index is 2.48. The van der Waals surface area contributed by atoms with Gasteiger partial charge in [0.25, 0.3) is 11.4 Å². The number of nitrogens with one attached hydrogen (secondary N) is 1. The van der Waals surface area contributed by atoms with Crippen LogP contribution in [-0.2, 0) is 4.79 Å². The Morgan fingerprint density at radius 1 is 1.09 bits per heavy atom. The lowest BCUT2D eigenvalue weighted by molar-refractivity contribution is -0.396. The molecule has 2 aromatic rings. The van der Waals surface area contributed by atoms with E-state index in [-0.39, 0.29) is 15.6 Å². The lowest BCUT2D eigenvalue weighted by Crippen LogP contribution is -1.98. The van der Waals surface area contributed by atoms with Crippen LogP contribution in [0, 0.1) is 20.2 Å². The summed E-state index contributed by atoms with van der Waals surface area (Å²) in [6.45, 7) is 0. The number of anilines is 1. The van der Waals surface area contributed by atoms with Crippen LogP contribution in [0.1, 0.15) is 0 Å². The molecular weight excluding hydrogens is 346 g/mol. The molecule has 2 rings (SSSR count). The van der Waals surface area contributed by atoms with Gasteiger partial charge in [0.05, 0.1) is 31.5 Å². The number of hydrogen-bond acceptors (Lipinski definition) is 6. The van der Waals surface area contributed by atoms with Crippen molar-refractivity contribution in [3.63, 3.8) is 0 Å². The zero-order chi connectivity index (χ0) is 17.0. The average Bonchev–Trinajstić information content (AvgIpc) is 2.50. The molecule has 10 heteroatoms. The summed E-state index contributed by atoms with van der Waals surface area (Å²) in [7, 11) is 0. The van der Waals surface area contributed by atoms with Gasteiger partial charge in [-0.3, -0.25) is 25.0 Å². The fourth-order valence-electron chi connectivity index (χ4n) is 1.76. The van der Waals surface area contributed by atoms with Gasteiger partial charge in [-0.25, -0.2) is 0 Å². The second-order valence-corrected chi connectivity index (χ2v) is 5.63. The van der Waals surface area contributed by atoms with E-state index >= 15 is 0 Å². The fraction of sp³-hybridized carbons (Fsp3) is 0. The molecule has 0 aliphatic heterocycles. The summed E-state index contributed by atoms with van der Waals surface area (Å²) in [5.74, 6) is 0. The van der Waals surface area contributed by atoms with E-state index in [2.05, 4.69) is 5.32 Å². The maximum Gasteiger partial charge on any atom is 0.290 e. The lowest BCUT2D eigenvalue weighted by Gasteiger charge is -2.09. The molecule has 118 valence electrons. The number of non-ortho nitro benzene ring substituents is 1. The maximum absolute atomic E-state index is 11.1. The largest absolute Gasteiger partial charge is 0.326 e. The molecule has 0 heterocycles. The van der Waals surface area contributed by atoms with Crippen molar-refractivity contribution in [3.8, 4) is 0 Å². The van der Waals surface area contributed by atoms with Crippen LogP contribution < -0.4 is 5.32 Å². The molecule has 0 aromatic heterocycles. The molecule has 0 atom stereocenters. The topological polar surface area (TPSA) is 115 Å². The first kappa shape index (κ1) is 16.7. The van der Waals surface area contributed by atoms with Crippen molar-refractivity contribution in [2.45, 2.75) is 9.79 Å². The van der Waals surface area contributed by atoms with E-state index in [1.807, 2.05) is 0 Å². The van der Waals surface area contributed by atoms with Gasteiger partial charge in [-0.05, 0) is 18.2 Å². The van der Waals surface area contributed by atoms with Crippen LogP contribution in [0.25, 0.3) is 0 Å². The Bertz CT molecular complexity index is 799. The summed E-state index contributed by atoms with van der Waals surface area (Å²) in [4.78, 5) is 31.8. The molecule has 0 saturated carbocycles. The van der Waals surface area contributed by atoms with Crippen LogP contribution in [0.15, 0.2) is 46.2 Å². The normalized spacial score (nSPS) is 10.1. The number of rotatable bonds is 6. The van der Waals surface area contributed by atoms with Crippen molar-refractivity contribution in [3.05, 3.63) is 61.6 Å². The van der Waals surface area contributed by atoms with Gasteiger partial charge in [0.2, 0.25) is 6.41 Å². The van der Waals surface area contributed by atoms with E-state index in [1.54, 1.807) is 18.2 Å². The number of halogens is 1. The van der Waals surface area contributed by atoms with Gasteiger partial charge in [-0.2, -0.15) is 0 Å². The molecule has 0 radical (unpaired) electrons. The number of hydrogen-bond donors (Lipinski definition) is 1. The van der Waals surface area contributed by atoms with Crippen LogP contribution in [0.5, 0.6) is 0 Å². The third-order valence-corrected chi connectivity index (χ3v) is 4.19. The highest BCUT2D eigenvalue weighted by atomic mass is 35.5. The number of carbonyl (C=O) groups excluding carboxylic acids is 1. The number of carbonyl (C=O) groups is 1. The highest BCUT2D eigenvalue weighted by Crippen LogP contribution is 2.41. The quantitative estimate of drug-likeness (QED) is 0.478. The molecule has 8 nitrogen and oxygen atoms in total. The van der Waals surface area contributed by atoms with Crippen LogP contribution in [-0.4, -0.2) is 16.3 Å². The number of benzene rings is 2. The van der Waals surface area contributed by atoms with Crippen LogP contribution >= 0.6 is 23.4 Å². The molecule has 0 unspecified atom stereocenters. The van der Waals surface area contributed by atoms with Crippen molar-refractivity contribution >= 4 is 46.8 Å². The number of para-hydroxylation sites is 1. The Hall–Kier alpha value is -2.65. The van der Waals surface area contributed by atoms with Gasteiger partial charge in [0.1, 0.15) is 0 Å². The van der Waals surface area contributed by atoms with Crippen LogP contribution in [0.2, 0.25) is 5.02 Å². The van der Waals surface area contributed by atoms with Crippen molar-refractivity contribution in [1.29, 1.82) is 0 Å². The minimum atomic E-state index is -0.708. The zero-order valence-corrected chi connectivity index (χ0v) is 12.8. The summed E-state index contributed by atoms with van der Waals surface area (Å²) < 4.78 is 0. The van der Waals surface area contributed by atoms with Crippen LogP contribution in [0.4, 0.5) is 17.1 Å². The monoisotopic (exact) mass is 353 g/mol. The van der Waals surface area contributed by atoms with E-state index in [4.69, 9.17) is 11.6 Å². The number of nitrogens with zero attached hydrogens (tertiary/aromatic N) is 2. The predicted octanol–water partition coefficient (Wildman–Crippen LogP) is 3.88. The fourth-order valence-corrected chi connectivity index (χ4v) is 3.07. The number of amides is 1. The smallest absolute Gasteiger partial charge is 0.290 e. The van der Waals surface area contributed by atoms with Crippen molar-refractivity contribution in [2.75, 3.05) is 5.32 Å². The van der Waals surface area contributed by atoms with E-state index in [1.165, 1.54) is 12.1 Å². The highest BCUT2D eigenvalue weighted by molar-refractivity contribution is 7.99. The molecule has 2 aromatic carbocycles. The third-order valence-electron chi connectivity index (χ3n) is 2.75. The first-order chi connectivity index (χ1) is 10.9. The summed E-state index contributed by atoms with van der Waals surface area (Å²) in [5.41, 5.74) is -0.471.